The molecule has 2 unspecified atom stereocenters. The highest BCUT2D eigenvalue weighted by Crippen LogP contribution is 2.25. The van der Waals surface area contributed by atoms with Gasteiger partial charge in [0, 0.05) is 12.6 Å². The highest BCUT2D eigenvalue weighted by molar-refractivity contribution is 5.06. The van der Waals surface area contributed by atoms with Crippen molar-refractivity contribution in [2.75, 3.05) is 19.6 Å². The van der Waals surface area contributed by atoms with E-state index in [0.29, 0.717) is 6.04 Å². The smallest absolute Gasteiger partial charge is 0.104 e. The molecule has 2 atom stereocenters. The van der Waals surface area contributed by atoms with Crippen LogP contribution in [-0.2, 0) is 0 Å². The molecular formula is C15H27N3. The second kappa shape index (κ2) is 6.04. The molecule has 0 spiro atoms. The van der Waals surface area contributed by atoms with Crippen molar-refractivity contribution < 1.29 is 0 Å². The van der Waals surface area contributed by atoms with Crippen molar-refractivity contribution in [2.24, 2.45) is 5.92 Å². The van der Waals surface area contributed by atoms with Gasteiger partial charge in [-0.2, -0.15) is 5.26 Å². The van der Waals surface area contributed by atoms with Crippen LogP contribution in [0.1, 0.15) is 52.4 Å². The van der Waals surface area contributed by atoms with E-state index >= 15 is 0 Å². The number of nitrogens with one attached hydrogen (secondary N) is 1. The molecule has 0 radical (unpaired) electrons. The lowest BCUT2D eigenvalue weighted by Crippen LogP contribution is -2.42. The van der Waals surface area contributed by atoms with E-state index in [2.05, 4.69) is 30.1 Å². The minimum atomic E-state index is -0.292. The second-order valence-corrected chi connectivity index (χ2v) is 6.51. The molecule has 1 saturated carbocycles. The predicted octanol–water partition coefficient (Wildman–Crippen LogP) is 2.53. The molecule has 0 aromatic carbocycles. The van der Waals surface area contributed by atoms with Crippen molar-refractivity contribution in [3.63, 3.8) is 0 Å². The fraction of sp³-hybridized carbons (Fsp3) is 0.933. The SMILES string of the molecule is CC1CCN(CCCCC(C)(C#N)NC2CC2)C1. The average Bonchev–Trinajstić information content (AvgIpc) is 3.06. The Bertz CT molecular complexity index is 305. The number of nitriles is 1. The quantitative estimate of drug-likeness (QED) is 0.705. The van der Waals surface area contributed by atoms with Gasteiger partial charge in [-0.25, -0.2) is 0 Å². The van der Waals surface area contributed by atoms with E-state index in [9.17, 15) is 5.26 Å². The maximum Gasteiger partial charge on any atom is 0.104 e. The molecule has 3 nitrogen and oxygen atoms in total. The first-order chi connectivity index (χ1) is 8.61. The van der Waals surface area contributed by atoms with Crippen LogP contribution in [-0.4, -0.2) is 36.1 Å². The number of hydrogen-bond acceptors (Lipinski definition) is 3. The van der Waals surface area contributed by atoms with E-state index in [1.54, 1.807) is 0 Å². The predicted molar refractivity (Wildman–Crippen MR) is 74.2 cm³/mol. The Labute approximate surface area is 112 Å². The van der Waals surface area contributed by atoms with Crippen LogP contribution in [0.4, 0.5) is 0 Å². The van der Waals surface area contributed by atoms with Crippen LogP contribution in [0.15, 0.2) is 0 Å². The highest BCUT2D eigenvalue weighted by Gasteiger charge is 2.31. The summed E-state index contributed by atoms with van der Waals surface area (Å²) in [6.45, 7) is 8.16. The number of likely N-dealkylation sites (tertiary alicyclic amines) is 1. The summed E-state index contributed by atoms with van der Waals surface area (Å²) >= 11 is 0. The number of unbranched alkanes of at least 4 members (excludes halogenated alkanes) is 1. The number of nitrogens with zero attached hydrogens (tertiary/aromatic N) is 2. The summed E-state index contributed by atoms with van der Waals surface area (Å²) in [5.41, 5.74) is -0.292. The Balaban J connectivity index is 1.60. The third-order valence-corrected chi connectivity index (χ3v) is 4.26. The van der Waals surface area contributed by atoms with Crippen LogP contribution in [0, 0.1) is 17.2 Å². The summed E-state index contributed by atoms with van der Waals surface area (Å²) in [6.07, 6.45) is 7.25. The lowest BCUT2D eigenvalue weighted by Gasteiger charge is -2.23. The van der Waals surface area contributed by atoms with Crippen molar-refractivity contribution in [1.29, 1.82) is 5.26 Å². The van der Waals surface area contributed by atoms with E-state index in [1.807, 2.05) is 0 Å². The lowest BCUT2D eigenvalue weighted by atomic mass is 9.96. The molecule has 0 bridgehead atoms. The Morgan fingerprint density at radius 3 is 2.67 bits per heavy atom. The van der Waals surface area contributed by atoms with Gasteiger partial charge in [-0.3, -0.25) is 5.32 Å². The van der Waals surface area contributed by atoms with Gasteiger partial charge in [0.2, 0.25) is 0 Å². The van der Waals surface area contributed by atoms with Crippen molar-refractivity contribution in [1.82, 2.24) is 10.2 Å². The van der Waals surface area contributed by atoms with E-state index in [0.717, 1.165) is 18.8 Å². The monoisotopic (exact) mass is 249 g/mol. The third-order valence-electron chi connectivity index (χ3n) is 4.26. The summed E-state index contributed by atoms with van der Waals surface area (Å²) < 4.78 is 0. The van der Waals surface area contributed by atoms with Gasteiger partial charge in [0.05, 0.1) is 6.07 Å². The van der Waals surface area contributed by atoms with Gasteiger partial charge in [-0.1, -0.05) is 6.92 Å². The summed E-state index contributed by atoms with van der Waals surface area (Å²) in [4.78, 5) is 2.57. The standard InChI is InChI=1S/C15H27N3/c1-13-7-10-18(11-13)9-4-3-8-15(2,12-16)17-14-5-6-14/h13-14,17H,3-11H2,1-2H3. The topological polar surface area (TPSA) is 39.1 Å². The second-order valence-electron chi connectivity index (χ2n) is 6.51. The minimum Gasteiger partial charge on any atom is -0.303 e. The lowest BCUT2D eigenvalue weighted by molar-refractivity contribution is 0.308. The molecule has 2 fully saturated rings. The highest BCUT2D eigenvalue weighted by atomic mass is 15.1. The summed E-state index contributed by atoms with van der Waals surface area (Å²) in [7, 11) is 0. The van der Waals surface area contributed by atoms with Crippen LogP contribution in [0.5, 0.6) is 0 Å². The molecule has 3 heteroatoms. The summed E-state index contributed by atoms with van der Waals surface area (Å²) in [6, 6.07) is 3.08. The molecule has 1 N–H and O–H groups in total. The fourth-order valence-corrected chi connectivity index (χ4v) is 2.88. The number of hydrogen-bond donors (Lipinski definition) is 1. The van der Waals surface area contributed by atoms with Crippen molar-refractivity contribution in [2.45, 2.75) is 64.0 Å². The zero-order valence-corrected chi connectivity index (χ0v) is 11.9. The molecule has 1 heterocycles. The molecule has 1 aliphatic heterocycles. The fourth-order valence-electron chi connectivity index (χ4n) is 2.88. The van der Waals surface area contributed by atoms with Crippen LogP contribution in [0.2, 0.25) is 0 Å². The van der Waals surface area contributed by atoms with Crippen LogP contribution in [0.25, 0.3) is 0 Å². The molecule has 0 amide bonds. The molecular weight excluding hydrogens is 222 g/mol. The Morgan fingerprint density at radius 1 is 1.33 bits per heavy atom. The van der Waals surface area contributed by atoms with Crippen molar-refractivity contribution in [3.8, 4) is 6.07 Å². The Hall–Kier alpha value is -0.590. The van der Waals surface area contributed by atoms with Crippen molar-refractivity contribution in [3.05, 3.63) is 0 Å². The first-order valence-corrected chi connectivity index (χ1v) is 7.52. The zero-order valence-electron chi connectivity index (χ0n) is 11.9. The van der Waals surface area contributed by atoms with Gasteiger partial charge in [-0.05, 0) is 64.5 Å². The molecule has 1 saturated heterocycles. The van der Waals surface area contributed by atoms with Gasteiger partial charge in [0.1, 0.15) is 5.54 Å². The molecule has 18 heavy (non-hydrogen) atoms. The van der Waals surface area contributed by atoms with E-state index in [-0.39, 0.29) is 5.54 Å². The van der Waals surface area contributed by atoms with E-state index < -0.39 is 0 Å². The van der Waals surface area contributed by atoms with Crippen LogP contribution < -0.4 is 5.32 Å². The zero-order chi connectivity index (χ0) is 13.0. The van der Waals surface area contributed by atoms with Gasteiger partial charge in [-0.15, -0.1) is 0 Å². The van der Waals surface area contributed by atoms with Crippen LogP contribution >= 0.6 is 0 Å². The largest absolute Gasteiger partial charge is 0.303 e. The average molecular weight is 249 g/mol. The van der Waals surface area contributed by atoms with Gasteiger partial charge in [0.15, 0.2) is 0 Å². The molecule has 1 aliphatic carbocycles. The summed E-state index contributed by atoms with van der Waals surface area (Å²) in [5.74, 6) is 0.880. The van der Waals surface area contributed by atoms with Gasteiger partial charge >= 0.3 is 0 Å². The molecule has 2 rings (SSSR count). The molecule has 102 valence electrons. The maximum atomic E-state index is 9.28. The molecule has 0 aromatic heterocycles. The number of rotatable bonds is 7. The van der Waals surface area contributed by atoms with E-state index in [1.165, 1.54) is 45.3 Å². The first kappa shape index (κ1) is 13.8. The van der Waals surface area contributed by atoms with E-state index in [4.69, 9.17) is 0 Å². The molecule has 0 aromatic rings. The van der Waals surface area contributed by atoms with Gasteiger partial charge < -0.3 is 4.90 Å². The van der Waals surface area contributed by atoms with Crippen molar-refractivity contribution >= 4 is 0 Å². The molecule has 2 aliphatic rings. The Kier molecular flexibility index (Phi) is 4.64. The first-order valence-electron chi connectivity index (χ1n) is 7.52. The summed E-state index contributed by atoms with van der Waals surface area (Å²) in [5, 5.41) is 12.8. The third kappa shape index (κ3) is 4.26. The minimum absolute atomic E-state index is 0.292. The van der Waals surface area contributed by atoms with Gasteiger partial charge in [0.25, 0.3) is 0 Å². The van der Waals surface area contributed by atoms with Crippen LogP contribution in [0.3, 0.4) is 0 Å². The Morgan fingerprint density at radius 2 is 2.11 bits per heavy atom. The normalized spacial score (nSPS) is 27.9. The maximum absolute atomic E-state index is 9.28.